The summed E-state index contributed by atoms with van der Waals surface area (Å²) in [6.45, 7) is 3.08. The van der Waals surface area contributed by atoms with Crippen LogP contribution in [-0.2, 0) is 4.79 Å². The number of nitrogens with one attached hydrogen (secondary N) is 2. The van der Waals surface area contributed by atoms with Crippen molar-refractivity contribution in [2.45, 2.75) is 51.4 Å². The summed E-state index contributed by atoms with van der Waals surface area (Å²) in [4.78, 5) is 11.7. The van der Waals surface area contributed by atoms with Crippen LogP contribution in [0, 0.1) is 5.92 Å². The molecule has 1 fully saturated rings. The van der Waals surface area contributed by atoms with E-state index in [1.54, 1.807) is 0 Å². The number of rotatable bonds is 6. The fraction of sp³-hybridized carbons (Fsp3) is 0.800. The largest absolute Gasteiger partial charge is 0.356 e. The lowest BCUT2D eigenvalue weighted by Gasteiger charge is -2.22. The zero-order valence-electron chi connectivity index (χ0n) is 11.3. The lowest BCUT2D eigenvalue weighted by atomic mass is 9.93. The molecule has 1 amide bonds. The molecule has 0 atom stereocenters. The first-order chi connectivity index (χ1) is 8.84. The molecule has 0 aromatic heterocycles. The van der Waals surface area contributed by atoms with Crippen LogP contribution in [0.5, 0.6) is 0 Å². The van der Waals surface area contributed by atoms with E-state index in [1.807, 2.05) is 0 Å². The number of allylic oxidation sites excluding steroid dienone is 1. The first kappa shape index (κ1) is 13.6. The maximum Gasteiger partial charge on any atom is 0.220 e. The van der Waals surface area contributed by atoms with Gasteiger partial charge in [-0.05, 0) is 64.0 Å². The van der Waals surface area contributed by atoms with Crippen LogP contribution in [0.2, 0.25) is 0 Å². The predicted octanol–water partition coefficient (Wildman–Crippen LogP) is 2.38. The number of hydrogen-bond donors (Lipinski definition) is 2. The molecule has 1 aliphatic carbocycles. The van der Waals surface area contributed by atoms with Crippen molar-refractivity contribution in [3.8, 4) is 0 Å². The highest BCUT2D eigenvalue weighted by atomic mass is 16.1. The number of amides is 1. The van der Waals surface area contributed by atoms with Crippen molar-refractivity contribution in [3.63, 3.8) is 0 Å². The highest BCUT2D eigenvalue weighted by molar-refractivity contribution is 5.75. The van der Waals surface area contributed by atoms with Gasteiger partial charge in [0.05, 0.1) is 0 Å². The van der Waals surface area contributed by atoms with Gasteiger partial charge in [0, 0.05) is 13.0 Å². The summed E-state index contributed by atoms with van der Waals surface area (Å²) in [6, 6.07) is 0. The zero-order chi connectivity index (χ0) is 12.6. The summed E-state index contributed by atoms with van der Waals surface area (Å²) < 4.78 is 0. The maximum atomic E-state index is 11.7. The minimum absolute atomic E-state index is 0.243. The molecule has 1 aliphatic heterocycles. The number of hydrogen-bond acceptors (Lipinski definition) is 2. The molecule has 2 N–H and O–H groups in total. The Hall–Kier alpha value is -0.830. The molecule has 18 heavy (non-hydrogen) atoms. The molecule has 0 radical (unpaired) electrons. The van der Waals surface area contributed by atoms with Gasteiger partial charge >= 0.3 is 0 Å². The van der Waals surface area contributed by atoms with Gasteiger partial charge in [-0.25, -0.2) is 0 Å². The third kappa shape index (κ3) is 4.81. The highest BCUT2D eigenvalue weighted by Crippen LogP contribution is 2.20. The second-order valence-electron chi connectivity index (χ2n) is 5.59. The standard InChI is InChI=1S/C15H26N2O/c18-15(6-5-14-7-10-16-11-8-14)17-12-9-13-3-1-2-4-13/h3,14,16H,1-2,4-12H2,(H,17,18). The summed E-state index contributed by atoms with van der Waals surface area (Å²) in [5, 5.41) is 6.41. The van der Waals surface area contributed by atoms with E-state index in [2.05, 4.69) is 16.7 Å². The Kier molecular flexibility index (Phi) is 5.72. The second kappa shape index (κ2) is 7.57. The third-order valence-corrected chi connectivity index (χ3v) is 4.14. The van der Waals surface area contributed by atoms with Gasteiger partial charge in [-0.3, -0.25) is 4.79 Å². The Morgan fingerprint density at radius 2 is 2.22 bits per heavy atom. The van der Waals surface area contributed by atoms with E-state index in [9.17, 15) is 4.79 Å². The average Bonchev–Trinajstić information content (AvgIpc) is 2.91. The first-order valence-corrected chi connectivity index (χ1v) is 7.50. The Morgan fingerprint density at radius 3 is 2.94 bits per heavy atom. The topological polar surface area (TPSA) is 41.1 Å². The maximum absolute atomic E-state index is 11.7. The number of carbonyl (C=O) groups is 1. The van der Waals surface area contributed by atoms with Crippen molar-refractivity contribution in [3.05, 3.63) is 11.6 Å². The number of piperidine rings is 1. The van der Waals surface area contributed by atoms with Gasteiger partial charge in [0.2, 0.25) is 5.91 Å². The summed E-state index contributed by atoms with van der Waals surface area (Å²) in [6.07, 6.45) is 11.4. The Balaban J connectivity index is 1.51. The van der Waals surface area contributed by atoms with Crippen LogP contribution in [0.1, 0.15) is 51.4 Å². The van der Waals surface area contributed by atoms with E-state index in [-0.39, 0.29) is 5.91 Å². The predicted molar refractivity (Wildman–Crippen MR) is 74.4 cm³/mol. The normalized spacial score (nSPS) is 20.8. The molecule has 1 heterocycles. The fourth-order valence-corrected chi connectivity index (χ4v) is 2.92. The average molecular weight is 250 g/mol. The Bertz CT molecular complexity index is 293. The van der Waals surface area contributed by atoms with E-state index in [0.717, 1.165) is 38.4 Å². The molecule has 102 valence electrons. The molecule has 2 rings (SSSR count). The van der Waals surface area contributed by atoms with Crippen molar-refractivity contribution in [1.82, 2.24) is 10.6 Å². The van der Waals surface area contributed by atoms with E-state index in [1.165, 1.54) is 37.7 Å². The minimum Gasteiger partial charge on any atom is -0.356 e. The third-order valence-electron chi connectivity index (χ3n) is 4.14. The van der Waals surface area contributed by atoms with Gasteiger partial charge in [0.25, 0.3) is 0 Å². The monoisotopic (exact) mass is 250 g/mol. The van der Waals surface area contributed by atoms with Crippen molar-refractivity contribution in [2.75, 3.05) is 19.6 Å². The van der Waals surface area contributed by atoms with Crippen molar-refractivity contribution < 1.29 is 4.79 Å². The lowest BCUT2D eigenvalue weighted by molar-refractivity contribution is -0.121. The molecule has 1 saturated heterocycles. The van der Waals surface area contributed by atoms with E-state index in [0.29, 0.717) is 6.42 Å². The highest BCUT2D eigenvalue weighted by Gasteiger charge is 2.14. The fourth-order valence-electron chi connectivity index (χ4n) is 2.92. The van der Waals surface area contributed by atoms with Gasteiger partial charge in [0.15, 0.2) is 0 Å². The van der Waals surface area contributed by atoms with Crippen molar-refractivity contribution in [1.29, 1.82) is 0 Å². The lowest BCUT2D eigenvalue weighted by Crippen LogP contribution is -2.29. The van der Waals surface area contributed by atoms with Gasteiger partial charge in [0.1, 0.15) is 0 Å². The van der Waals surface area contributed by atoms with E-state index >= 15 is 0 Å². The minimum atomic E-state index is 0.243. The van der Waals surface area contributed by atoms with Crippen LogP contribution in [0.3, 0.4) is 0 Å². The van der Waals surface area contributed by atoms with Crippen LogP contribution >= 0.6 is 0 Å². The second-order valence-corrected chi connectivity index (χ2v) is 5.59. The molecule has 3 nitrogen and oxygen atoms in total. The molecule has 0 spiro atoms. The molecule has 0 unspecified atom stereocenters. The van der Waals surface area contributed by atoms with Gasteiger partial charge in [-0.15, -0.1) is 0 Å². The molecule has 0 aromatic carbocycles. The smallest absolute Gasteiger partial charge is 0.220 e. The molecular weight excluding hydrogens is 224 g/mol. The zero-order valence-corrected chi connectivity index (χ0v) is 11.3. The molecule has 2 aliphatic rings. The molecule has 0 bridgehead atoms. The number of carbonyl (C=O) groups excluding carboxylic acids is 1. The summed E-state index contributed by atoms with van der Waals surface area (Å²) in [7, 11) is 0. The summed E-state index contributed by atoms with van der Waals surface area (Å²) in [5.41, 5.74) is 1.54. The molecule has 3 heteroatoms. The molecule has 0 aromatic rings. The Labute approximate surface area is 110 Å². The van der Waals surface area contributed by atoms with Crippen molar-refractivity contribution in [2.24, 2.45) is 5.92 Å². The van der Waals surface area contributed by atoms with E-state index in [4.69, 9.17) is 0 Å². The van der Waals surface area contributed by atoms with Crippen LogP contribution < -0.4 is 10.6 Å². The van der Waals surface area contributed by atoms with Crippen LogP contribution in [0.15, 0.2) is 11.6 Å². The van der Waals surface area contributed by atoms with E-state index < -0.39 is 0 Å². The van der Waals surface area contributed by atoms with Crippen molar-refractivity contribution >= 4 is 5.91 Å². The first-order valence-electron chi connectivity index (χ1n) is 7.50. The molecular formula is C15H26N2O. The van der Waals surface area contributed by atoms with Gasteiger partial charge < -0.3 is 10.6 Å². The van der Waals surface area contributed by atoms with Gasteiger partial charge in [-0.2, -0.15) is 0 Å². The quantitative estimate of drug-likeness (QED) is 0.711. The Morgan fingerprint density at radius 1 is 1.39 bits per heavy atom. The molecule has 0 saturated carbocycles. The van der Waals surface area contributed by atoms with Crippen LogP contribution in [-0.4, -0.2) is 25.5 Å². The summed E-state index contributed by atoms with van der Waals surface area (Å²) in [5.74, 6) is 1.00. The van der Waals surface area contributed by atoms with Crippen LogP contribution in [0.25, 0.3) is 0 Å². The van der Waals surface area contributed by atoms with Crippen LogP contribution in [0.4, 0.5) is 0 Å². The summed E-state index contributed by atoms with van der Waals surface area (Å²) >= 11 is 0. The SMILES string of the molecule is O=C(CCC1CCNCC1)NCCC1=CCCC1. The van der Waals surface area contributed by atoms with Gasteiger partial charge in [-0.1, -0.05) is 11.6 Å².